The number of carbonyl (C=O) groups is 1. The number of rotatable bonds is 8. The number of pyridine rings is 1. The largest absolute Gasteiger partial charge is 0.396 e. The van der Waals surface area contributed by atoms with Crippen LogP contribution in [0.5, 0.6) is 0 Å². The number of aryl methyl sites for hydroxylation is 1. The van der Waals surface area contributed by atoms with Crippen LogP contribution in [0.15, 0.2) is 23.1 Å². The second kappa shape index (κ2) is 7.98. The van der Waals surface area contributed by atoms with Gasteiger partial charge in [0.05, 0.1) is 0 Å². The molecule has 0 radical (unpaired) electrons. The number of nitrogens with one attached hydrogen (secondary N) is 1. The van der Waals surface area contributed by atoms with E-state index in [1.807, 2.05) is 0 Å². The Morgan fingerprint density at radius 1 is 1.38 bits per heavy atom. The molecule has 0 bridgehead atoms. The number of aliphatic hydroxyl groups excluding tert-OH is 1. The van der Waals surface area contributed by atoms with Crippen molar-refractivity contribution in [2.24, 2.45) is 5.41 Å². The summed E-state index contributed by atoms with van der Waals surface area (Å²) in [4.78, 5) is 23.9. The van der Waals surface area contributed by atoms with Crippen molar-refractivity contribution < 1.29 is 9.90 Å². The highest BCUT2D eigenvalue weighted by molar-refractivity contribution is 5.75. The monoisotopic (exact) mass is 294 g/mol. The van der Waals surface area contributed by atoms with Gasteiger partial charge >= 0.3 is 0 Å². The minimum atomic E-state index is -0.174. The van der Waals surface area contributed by atoms with Gasteiger partial charge in [-0.2, -0.15) is 0 Å². The zero-order valence-electron chi connectivity index (χ0n) is 13.2. The molecule has 0 fully saturated rings. The van der Waals surface area contributed by atoms with Gasteiger partial charge in [-0.05, 0) is 37.7 Å². The van der Waals surface area contributed by atoms with Crippen molar-refractivity contribution in [2.45, 2.75) is 46.6 Å². The van der Waals surface area contributed by atoms with Crippen molar-refractivity contribution in [3.05, 3.63) is 34.2 Å². The molecule has 0 aliphatic carbocycles. The van der Waals surface area contributed by atoms with E-state index in [1.165, 1.54) is 4.57 Å². The maximum absolute atomic E-state index is 12.0. The van der Waals surface area contributed by atoms with Gasteiger partial charge in [-0.3, -0.25) is 9.59 Å². The average Bonchev–Trinajstić information content (AvgIpc) is 2.48. The molecule has 1 rings (SSSR count). The molecular formula is C16H26N2O3. The van der Waals surface area contributed by atoms with Crippen LogP contribution in [-0.2, 0) is 11.3 Å². The van der Waals surface area contributed by atoms with Gasteiger partial charge in [0.1, 0.15) is 6.54 Å². The standard InChI is InChI=1S/C16H26N2O3/c1-4-16(5-2,8-10-19)12-17-14(20)11-18-9-6-7-13(3)15(18)21/h6-7,9,19H,4-5,8,10-12H2,1-3H3,(H,17,20). The lowest BCUT2D eigenvalue weighted by Gasteiger charge is -2.31. The summed E-state index contributed by atoms with van der Waals surface area (Å²) < 4.78 is 1.41. The first-order chi connectivity index (χ1) is 9.98. The summed E-state index contributed by atoms with van der Waals surface area (Å²) in [6.45, 7) is 6.54. The SMILES string of the molecule is CCC(CC)(CCO)CNC(=O)Cn1cccc(C)c1=O. The Morgan fingerprint density at radius 3 is 2.62 bits per heavy atom. The average molecular weight is 294 g/mol. The number of nitrogens with zero attached hydrogens (tertiary/aromatic N) is 1. The Balaban J connectivity index is 2.65. The fourth-order valence-corrected chi connectivity index (χ4v) is 2.46. The second-order valence-corrected chi connectivity index (χ2v) is 5.58. The van der Waals surface area contributed by atoms with Crippen molar-refractivity contribution in [3.63, 3.8) is 0 Å². The van der Waals surface area contributed by atoms with E-state index >= 15 is 0 Å². The van der Waals surface area contributed by atoms with Crippen molar-refractivity contribution >= 4 is 5.91 Å². The van der Waals surface area contributed by atoms with E-state index in [4.69, 9.17) is 0 Å². The topological polar surface area (TPSA) is 71.3 Å². The molecule has 21 heavy (non-hydrogen) atoms. The van der Waals surface area contributed by atoms with Crippen LogP contribution in [0, 0.1) is 12.3 Å². The third-order valence-corrected chi connectivity index (χ3v) is 4.33. The van der Waals surface area contributed by atoms with Crippen molar-refractivity contribution in [2.75, 3.05) is 13.2 Å². The number of aromatic nitrogens is 1. The summed E-state index contributed by atoms with van der Waals surface area (Å²) in [5, 5.41) is 12.1. The van der Waals surface area contributed by atoms with Crippen LogP contribution in [0.3, 0.4) is 0 Å². The highest BCUT2D eigenvalue weighted by atomic mass is 16.3. The number of hydrogen-bond acceptors (Lipinski definition) is 3. The quantitative estimate of drug-likeness (QED) is 0.762. The van der Waals surface area contributed by atoms with E-state index in [2.05, 4.69) is 19.2 Å². The second-order valence-electron chi connectivity index (χ2n) is 5.58. The van der Waals surface area contributed by atoms with Crippen molar-refractivity contribution in [1.82, 2.24) is 9.88 Å². The summed E-state index contributed by atoms with van der Waals surface area (Å²) in [7, 11) is 0. The third kappa shape index (κ3) is 4.70. The lowest BCUT2D eigenvalue weighted by atomic mass is 9.79. The highest BCUT2D eigenvalue weighted by Gasteiger charge is 2.26. The summed E-state index contributed by atoms with van der Waals surface area (Å²) in [6.07, 6.45) is 4.09. The molecule has 0 aliphatic rings. The van der Waals surface area contributed by atoms with E-state index < -0.39 is 0 Å². The summed E-state index contributed by atoms with van der Waals surface area (Å²) in [6, 6.07) is 3.50. The van der Waals surface area contributed by atoms with Crippen LogP contribution >= 0.6 is 0 Å². The summed E-state index contributed by atoms with van der Waals surface area (Å²) >= 11 is 0. The fraction of sp³-hybridized carbons (Fsp3) is 0.625. The molecule has 0 aliphatic heterocycles. The number of amides is 1. The van der Waals surface area contributed by atoms with Crippen LogP contribution < -0.4 is 10.9 Å². The molecule has 1 aromatic rings. The van der Waals surface area contributed by atoms with Crippen LogP contribution in [0.2, 0.25) is 0 Å². The van der Waals surface area contributed by atoms with Crippen molar-refractivity contribution in [3.8, 4) is 0 Å². The smallest absolute Gasteiger partial charge is 0.253 e. The van der Waals surface area contributed by atoms with Gasteiger partial charge in [0.2, 0.25) is 5.91 Å². The molecule has 5 nitrogen and oxygen atoms in total. The van der Waals surface area contributed by atoms with Gasteiger partial charge in [-0.15, -0.1) is 0 Å². The number of hydrogen-bond donors (Lipinski definition) is 2. The van der Waals surface area contributed by atoms with E-state index in [9.17, 15) is 14.7 Å². The first-order valence-corrected chi connectivity index (χ1v) is 7.51. The highest BCUT2D eigenvalue weighted by Crippen LogP contribution is 2.29. The van der Waals surface area contributed by atoms with E-state index in [1.54, 1.807) is 25.3 Å². The molecule has 1 amide bonds. The number of carbonyl (C=O) groups excluding carboxylic acids is 1. The Kier molecular flexibility index (Phi) is 6.62. The molecule has 0 unspecified atom stereocenters. The van der Waals surface area contributed by atoms with Crippen LogP contribution in [0.1, 0.15) is 38.7 Å². The zero-order valence-corrected chi connectivity index (χ0v) is 13.2. The van der Waals surface area contributed by atoms with Gasteiger partial charge in [0.15, 0.2) is 0 Å². The summed E-state index contributed by atoms with van der Waals surface area (Å²) in [5.74, 6) is -0.174. The van der Waals surface area contributed by atoms with Gasteiger partial charge < -0.3 is 15.0 Å². The number of aliphatic hydroxyl groups is 1. The minimum Gasteiger partial charge on any atom is -0.396 e. The maximum Gasteiger partial charge on any atom is 0.253 e. The molecular weight excluding hydrogens is 268 g/mol. The van der Waals surface area contributed by atoms with Crippen LogP contribution in [-0.4, -0.2) is 28.7 Å². The molecule has 0 spiro atoms. The normalized spacial score (nSPS) is 11.4. The minimum absolute atomic E-state index is 0.0309. The van der Waals surface area contributed by atoms with Gasteiger partial charge in [0.25, 0.3) is 5.56 Å². The Morgan fingerprint density at radius 2 is 2.05 bits per heavy atom. The molecule has 0 saturated heterocycles. The van der Waals surface area contributed by atoms with E-state index in [-0.39, 0.29) is 30.0 Å². The van der Waals surface area contributed by atoms with Crippen molar-refractivity contribution in [1.29, 1.82) is 0 Å². The molecule has 5 heteroatoms. The Labute approximate surface area is 126 Å². The molecule has 0 atom stereocenters. The predicted octanol–water partition coefficient (Wildman–Crippen LogP) is 1.46. The Hall–Kier alpha value is -1.62. The zero-order chi connectivity index (χ0) is 15.9. The van der Waals surface area contributed by atoms with E-state index in [0.717, 1.165) is 12.8 Å². The molecule has 0 aromatic carbocycles. The summed E-state index contributed by atoms with van der Waals surface area (Å²) in [5.41, 5.74) is 0.421. The maximum atomic E-state index is 12.0. The predicted molar refractivity (Wildman–Crippen MR) is 83.2 cm³/mol. The molecule has 118 valence electrons. The lowest BCUT2D eigenvalue weighted by molar-refractivity contribution is -0.122. The van der Waals surface area contributed by atoms with Gasteiger partial charge in [-0.25, -0.2) is 0 Å². The lowest BCUT2D eigenvalue weighted by Crippen LogP contribution is -2.40. The first-order valence-electron chi connectivity index (χ1n) is 7.51. The third-order valence-electron chi connectivity index (χ3n) is 4.33. The molecule has 2 N–H and O–H groups in total. The van der Waals surface area contributed by atoms with E-state index in [0.29, 0.717) is 18.5 Å². The molecule has 1 aromatic heterocycles. The van der Waals surface area contributed by atoms with Gasteiger partial charge in [0, 0.05) is 24.9 Å². The van der Waals surface area contributed by atoms with Crippen LogP contribution in [0.25, 0.3) is 0 Å². The molecule has 1 heterocycles. The molecule has 0 saturated carbocycles. The first kappa shape index (κ1) is 17.4. The van der Waals surface area contributed by atoms with Gasteiger partial charge in [-0.1, -0.05) is 19.9 Å². The fourth-order valence-electron chi connectivity index (χ4n) is 2.46. The Bertz CT molecular complexity index is 518. The van der Waals surface area contributed by atoms with Crippen LogP contribution in [0.4, 0.5) is 0 Å².